The van der Waals surface area contributed by atoms with E-state index in [1.807, 2.05) is 4.90 Å². The van der Waals surface area contributed by atoms with Crippen LogP contribution in [0.4, 0.5) is 5.13 Å². The van der Waals surface area contributed by atoms with Crippen LogP contribution in [0.5, 0.6) is 0 Å². The molecule has 0 amide bonds. The Morgan fingerprint density at radius 3 is 2.62 bits per heavy atom. The Morgan fingerprint density at radius 1 is 1.38 bits per heavy atom. The first-order valence-corrected chi connectivity index (χ1v) is 6.54. The standard InChI is InChI=1S/C10H17ClN2O2S/c1-2-3-4-13(5-6-14)10-12-9(11)8(7-15)16-10/h14-15H,2-7H2,1H3. The third kappa shape index (κ3) is 3.59. The van der Waals surface area contributed by atoms with Crippen LogP contribution in [0.15, 0.2) is 0 Å². The second-order valence-electron chi connectivity index (χ2n) is 3.43. The average molecular weight is 265 g/mol. The summed E-state index contributed by atoms with van der Waals surface area (Å²) in [6, 6.07) is 0. The lowest BCUT2D eigenvalue weighted by Crippen LogP contribution is -2.27. The molecular formula is C10H17ClN2O2S. The van der Waals surface area contributed by atoms with Crippen molar-refractivity contribution in [3.63, 3.8) is 0 Å². The average Bonchev–Trinajstić information content (AvgIpc) is 2.65. The predicted molar refractivity (Wildman–Crippen MR) is 67.3 cm³/mol. The van der Waals surface area contributed by atoms with Gasteiger partial charge in [0, 0.05) is 13.1 Å². The Labute approximate surface area is 104 Å². The molecule has 0 saturated carbocycles. The molecule has 1 heterocycles. The first-order chi connectivity index (χ1) is 7.72. The van der Waals surface area contributed by atoms with Crippen molar-refractivity contribution < 1.29 is 10.2 Å². The molecule has 0 bridgehead atoms. The minimum absolute atomic E-state index is 0.0861. The van der Waals surface area contributed by atoms with Gasteiger partial charge in [-0.05, 0) is 6.42 Å². The quantitative estimate of drug-likeness (QED) is 0.790. The zero-order valence-corrected chi connectivity index (χ0v) is 10.9. The number of unbranched alkanes of at least 4 members (excludes halogenated alkanes) is 1. The smallest absolute Gasteiger partial charge is 0.187 e. The molecule has 16 heavy (non-hydrogen) atoms. The molecule has 4 nitrogen and oxygen atoms in total. The predicted octanol–water partition coefficient (Wildman–Crippen LogP) is 1.89. The van der Waals surface area contributed by atoms with Gasteiger partial charge in [0.05, 0.1) is 18.1 Å². The third-order valence-corrected chi connectivity index (χ3v) is 3.73. The normalized spacial score (nSPS) is 10.8. The molecule has 0 atom stereocenters. The zero-order valence-electron chi connectivity index (χ0n) is 9.32. The summed E-state index contributed by atoms with van der Waals surface area (Å²) in [5.41, 5.74) is 0. The molecule has 0 spiro atoms. The van der Waals surface area contributed by atoms with E-state index in [2.05, 4.69) is 11.9 Å². The molecule has 0 aliphatic heterocycles. The van der Waals surface area contributed by atoms with E-state index in [1.165, 1.54) is 11.3 Å². The fraction of sp³-hybridized carbons (Fsp3) is 0.700. The van der Waals surface area contributed by atoms with E-state index in [9.17, 15) is 0 Å². The van der Waals surface area contributed by atoms with Gasteiger partial charge in [0.25, 0.3) is 0 Å². The maximum Gasteiger partial charge on any atom is 0.187 e. The van der Waals surface area contributed by atoms with Gasteiger partial charge in [-0.1, -0.05) is 36.3 Å². The number of halogens is 1. The maximum absolute atomic E-state index is 9.04. The van der Waals surface area contributed by atoms with Gasteiger partial charge in [-0.15, -0.1) is 0 Å². The van der Waals surface area contributed by atoms with Crippen LogP contribution in [0.2, 0.25) is 5.15 Å². The highest BCUT2D eigenvalue weighted by Gasteiger charge is 2.13. The molecule has 0 fully saturated rings. The van der Waals surface area contributed by atoms with Crippen molar-refractivity contribution in [2.45, 2.75) is 26.4 Å². The summed E-state index contributed by atoms with van der Waals surface area (Å²) in [6.07, 6.45) is 2.14. The second kappa shape index (κ2) is 7.06. The fourth-order valence-electron chi connectivity index (χ4n) is 1.33. The molecule has 0 unspecified atom stereocenters. The maximum atomic E-state index is 9.04. The van der Waals surface area contributed by atoms with E-state index in [0.717, 1.165) is 24.5 Å². The van der Waals surface area contributed by atoms with Crippen LogP contribution in [0.25, 0.3) is 0 Å². The number of nitrogens with zero attached hydrogens (tertiary/aromatic N) is 2. The van der Waals surface area contributed by atoms with Crippen molar-refractivity contribution in [1.29, 1.82) is 0 Å². The van der Waals surface area contributed by atoms with Gasteiger partial charge in [-0.25, -0.2) is 4.98 Å². The molecular weight excluding hydrogens is 248 g/mol. The highest BCUT2D eigenvalue weighted by molar-refractivity contribution is 7.16. The molecule has 0 aromatic carbocycles. The summed E-state index contributed by atoms with van der Waals surface area (Å²) in [5.74, 6) is 0. The highest BCUT2D eigenvalue weighted by atomic mass is 35.5. The lowest BCUT2D eigenvalue weighted by atomic mass is 10.3. The van der Waals surface area contributed by atoms with Crippen molar-refractivity contribution in [3.8, 4) is 0 Å². The van der Waals surface area contributed by atoms with E-state index in [1.54, 1.807) is 0 Å². The molecule has 1 rings (SSSR count). The molecule has 92 valence electrons. The molecule has 0 saturated heterocycles. The zero-order chi connectivity index (χ0) is 12.0. The van der Waals surface area contributed by atoms with E-state index in [4.69, 9.17) is 21.8 Å². The molecule has 1 aromatic rings. The van der Waals surface area contributed by atoms with Crippen LogP contribution in [0, 0.1) is 0 Å². The Kier molecular flexibility index (Phi) is 6.05. The number of rotatable bonds is 7. The number of thiazole rings is 1. The molecule has 6 heteroatoms. The summed E-state index contributed by atoms with van der Waals surface area (Å²) < 4.78 is 0. The number of anilines is 1. The third-order valence-electron chi connectivity index (χ3n) is 2.20. The van der Waals surface area contributed by atoms with Gasteiger partial charge >= 0.3 is 0 Å². The Morgan fingerprint density at radius 2 is 2.12 bits per heavy atom. The first kappa shape index (κ1) is 13.7. The lowest BCUT2D eigenvalue weighted by molar-refractivity contribution is 0.285. The van der Waals surface area contributed by atoms with E-state index in [-0.39, 0.29) is 13.2 Å². The van der Waals surface area contributed by atoms with Crippen LogP contribution in [-0.2, 0) is 6.61 Å². The minimum atomic E-state index is -0.0861. The van der Waals surface area contributed by atoms with Gasteiger partial charge in [0.1, 0.15) is 5.15 Å². The molecule has 0 aliphatic carbocycles. The Balaban J connectivity index is 2.74. The lowest BCUT2D eigenvalue weighted by Gasteiger charge is -2.20. The number of aromatic nitrogens is 1. The first-order valence-electron chi connectivity index (χ1n) is 5.34. The van der Waals surface area contributed by atoms with Gasteiger partial charge in [0.15, 0.2) is 5.13 Å². The summed E-state index contributed by atoms with van der Waals surface area (Å²) in [5, 5.41) is 19.2. The van der Waals surface area contributed by atoms with Crippen LogP contribution in [0.3, 0.4) is 0 Å². The minimum Gasteiger partial charge on any atom is -0.395 e. The monoisotopic (exact) mass is 264 g/mol. The van der Waals surface area contributed by atoms with Crippen LogP contribution in [-0.4, -0.2) is 34.9 Å². The van der Waals surface area contributed by atoms with Gasteiger partial charge in [-0.2, -0.15) is 0 Å². The number of aliphatic hydroxyl groups is 2. The molecule has 2 N–H and O–H groups in total. The van der Waals surface area contributed by atoms with Crippen molar-refractivity contribution in [1.82, 2.24) is 4.98 Å². The van der Waals surface area contributed by atoms with Crippen molar-refractivity contribution in [2.75, 3.05) is 24.6 Å². The van der Waals surface area contributed by atoms with E-state index in [0.29, 0.717) is 16.6 Å². The summed E-state index contributed by atoms with van der Waals surface area (Å²) >= 11 is 7.25. The molecule has 1 aromatic heterocycles. The SMILES string of the molecule is CCCCN(CCO)c1nc(Cl)c(CO)s1. The van der Waals surface area contributed by atoms with Crippen LogP contribution >= 0.6 is 22.9 Å². The van der Waals surface area contributed by atoms with Gasteiger partial charge in [0.2, 0.25) is 0 Å². The number of hydrogen-bond acceptors (Lipinski definition) is 5. The Bertz CT molecular complexity index is 320. The van der Waals surface area contributed by atoms with Crippen molar-refractivity contribution >= 4 is 28.1 Å². The van der Waals surface area contributed by atoms with Crippen LogP contribution in [0.1, 0.15) is 24.6 Å². The highest BCUT2D eigenvalue weighted by Crippen LogP contribution is 2.29. The van der Waals surface area contributed by atoms with E-state index < -0.39 is 0 Å². The van der Waals surface area contributed by atoms with Gasteiger partial charge < -0.3 is 15.1 Å². The van der Waals surface area contributed by atoms with E-state index >= 15 is 0 Å². The number of hydrogen-bond donors (Lipinski definition) is 2. The van der Waals surface area contributed by atoms with Crippen molar-refractivity contribution in [2.24, 2.45) is 0 Å². The van der Waals surface area contributed by atoms with Gasteiger partial charge in [-0.3, -0.25) is 0 Å². The second-order valence-corrected chi connectivity index (χ2v) is 4.85. The molecule has 0 aliphatic rings. The fourth-order valence-corrected chi connectivity index (χ4v) is 2.50. The summed E-state index contributed by atoms with van der Waals surface area (Å²) in [6.45, 7) is 3.53. The largest absolute Gasteiger partial charge is 0.395 e. The molecule has 0 radical (unpaired) electrons. The summed E-state index contributed by atoms with van der Waals surface area (Å²) in [4.78, 5) is 6.87. The topological polar surface area (TPSA) is 56.6 Å². The van der Waals surface area contributed by atoms with Crippen LogP contribution < -0.4 is 4.90 Å². The van der Waals surface area contributed by atoms with Crippen molar-refractivity contribution in [3.05, 3.63) is 10.0 Å². The summed E-state index contributed by atoms with van der Waals surface area (Å²) in [7, 11) is 0. The number of aliphatic hydroxyl groups excluding tert-OH is 2. The Hall–Kier alpha value is -0.360.